The van der Waals surface area contributed by atoms with Crippen molar-refractivity contribution in [1.82, 2.24) is 9.55 Å². The molecule has 0 spiro atoms. The van der Waals surface area contributed by atoms with E-state index in [1.807, 2.05) is 12.3 Å². The molecule has 1 aromatic rings. The van der Waals surface area contributed by atoms with Crippen LogP contribution in [0.5, 0.6) is 0 Å². The van der Waals surface area contributed by atoms with Gasteiger partial charge in [-0.05, 0) is 12.8 Å². The smallest absolute Gasteiger partial charge is 0.203 e. The van der Waals surface area contributed by atoms with Gasteiger partial charge in [-0.25, -0.2) is 4.98 Å². The molecule has 0 saturated heterocycles. The van der Waals surface area contributed by atoms with Crippen LogP contribution in [0.1, 0.15) is 44.6 Å². The highest BCUT2D eigenvalue weighted by Crippen LogP contribution is 2.29. The lowest BCUT2D eigenvalue weighted by molar-refractivity contribution is 0.448. The van der Waals surface area contributed by atoms with Gasteiger partial charge in [0.05, 0.1) is 0 Å². The normalized spacial score (nSPS) is 18.0. The number of imidazole rings is 1. The third-order valence-corrected chi connectivity index (χ3v) is 3.29. The van der Waals surface area contributed by atoms with Crippen molar-refractivity contribution in [1.29, 1.82) is 0 Å². The van der Waals surface area contributed by atoms with Gasteiger partial charge in [0, 0.05) is 25.0 Å². The molecule has 0 aromatic carbocycles. The lowest BCUT2D eigenvalue weighted by Crippen LogP contribution is -2.12. The largest absolute Gasteiger partial charge is 0.352 e. The molecule has 3 heteroatoms. The molecule has 1 aliphatic carbocycles. The van der Waals surface area contributed by atoms with Crippen LogP contribution in [-0.2, 0) is 0 Å². The van der Waals surface area contributed by atoms with E-state index in [9.17, 15) is 0 Å². The van der Waals surface area contributed by atoms with Crippen molar-refractivity contribution in [3.05, 3.63) is 25.0 Å². The quantitative estimate of drug-likeness (QED) is 0.621. The van der Waals surface area contributed by atoms with E-state index >= 15 is 0 Å². The molecule has 1 aliphatic rings. The van der Waals surface area contributed by atoms with Gasteiger partial charge in [0.25, 0.3) is 0 Å². The summed E-state index contributed by atoms with van der Waals surface area (Å²) in [5, 5.41) is 3.29. The first kappa shape index (κ1) is 11.2. The standard InChI is InChI=1S/C13H21N3/c1-2-9-14-13-15-10-11-16(13)12-7-5-3-4-6-8-12/h2,10-12H,1,3-9H2,(H,14,15). The number of aromatic nitrogens is 2. The van der Waals surface area contributed by atoms with Gasteiger partial charge in [-0.2, -0.15) is 0 Å². The molecule has 0 amide bonds. The molecule has 3 nitrogen and oxygen atoms in total. The molecule has 1 N–H and O–H groups in total. The lowest BCUT2D eigenvalue weighted by Gasteiger charge is -2.18. The highest BCUT2D eigenvalue weighted by atomic mass is 15.2. The summed E-state index contributed by atoms with van der Waals surface area (Å²) in [5.41, 5.74) is 0. The van der Waals surface area contributed by atoms with E-state index in [1.165, 1.54) is 38.5 Å². The van der Waals surface area contributed by atoms with Gasteiger partial charge in [-0.3, -0.25) is 0 Å². The highest BCUT2D eigenvalue weighted by Gasteiger charge is 2.16. The molecule has 0 aliphatic heterocycles. The van der Waals surface area contributed by atoms with E-state index in [4.69, 9.17) is 0 Å². The van der Waals surface area contributed by atoms with Crippen LogP contribution in [0.2, 0.25) is 0 Å². The topological polar surface area (TPSA) is 29.9 Å². The first-order chi connectivity index (χ1) is 7.92. The van der Waals surface area contributed by atoms with Gasteiger partial charge in [0.15, 0.2) is 0 Å². The van der Waals surface area contributed by atoms with Crippen molar-refractivity contribution in [3.8, 4) is 0 Å². The van der Waals surface area contributed by atoms with Crippen LogP contribution in [0.25, 0.3) is 0 Å². The van der Waals surface area contributed by atoms with Crippen LogP contribution >= 0.6 is 0 Å². The zero-order valence-corrected chi connectivity index (χ0v) is 9.86. The Morgan fingerprint density at radius 3 is 2.81 bits per heavy atom. The highest BCUT2D eigenvalue weighted by molar-refractivity contribution is 5.27. The number of rotatable bonds is 4. The maximum Gasteiger partial charge on any atom is 0.203 e. The third-order valence-electron chi connectivity index (χ3n) is 3.29. The Morgan fingerprint density at radius 1 is 1.38 bits per heavy atom. The van der Waals surface area contributed by atoms with E-state index in [0.717, 1.165) is 12.5 Å². The van der Waals surface area contributed by atoms with Crippen molar-refractivity contribution in [2.75, 3.05) is 11.9 Å². The second-order valence-corrected chi connectivity index (χ2v) is 4.47. The number of hydrogen-bond donors (Lipinski definition) is 1. The maximum absolute atomic E-state index is 4.36. The fourth-order valence-electron chi connectivity index (χ4n) is 2.44. The molecule has 16 heavy (non-hydrogen) atoms. The zero-order valence-electron chi connectivity index (χ0n) is 9.86. The molecule has 1 aromatic heterocycles. The van der Waals surface area contributed by atoms with Crippen LogP contribution in [-0.4, -0.2) is 16.1 Å². The number of anilines is 1. The van der Waals surface area contributed by atoms with Crippen molar-refractivity contribution < 1.29 is 0 Å². The Kier molecular flexibility index (Phi) is 4.03. The van der Waals surface area contributed by atoms with Crippen molar-refractivity contribution in [2.45, 2.75) is 44.6 Å². The summed E-state index contributed by atoms with van der Waals surface area (Å²) in [6.07, 6.45) is 13.9. The van der Waals surface area contributed by atoms with E-state index in [1.54, 1.807) is 0 Å². The second kappa shape index (κ2) is 5.73. The van der Waals surface area contributed by atoms with Crippen molar-refractivity contribution in [2.24, 2.45) is 0 Å². The minimum absolute atomic E-state index is 0.636. The monoisotopic (exact) mass is 219 g/mol. The van der Waals surface area contributed by atoms with Crippen LogP contribution in [0.3, 0.4) is 0 Å². The SMILES string of the molecule is C=CCNc1nccn1C1CCCCCC1. The molecule has 1 fully saturated rings. The van der Waals surface area contributed by atoms with Gasteiger partial charge in [0.1, 0.15) is 0 Å². The van der Waals surface area contributed by atoms with E-state index in [0.29, 0.717) is 6.04 Å². The first-order valence-electron chi connectivity index (χ1n) is 6.29. The van der Waals surface area contributed by atoms with Gasteiger partial charge < -0.3 is 9.88 Å². The average Bonchev–Trinajstić information content (AvgIpc) is 2.60. The molecule has 2 rings (SSSR count). The van der Waals surface area contributed by atoms with E-state index in [-0.39, 0.29) is 0 Å². The van der Waals surface area contributed by atoms with Gasteiger partial charge >= 0.3 is 0 Å². The molecule has 1 heterocycles. The van der Waals surface area contributed by atoms with Gasteiger partial charge in [0.2, 0.25) is 5.95 Å². The summed E-state index contributed by atoms with van der Waals surface area (Å²) in [6, 6.07) is 0.636. The minimum Gasteiger partial charge on any atom is -0.352 e. The molecular formula is C13H21N3. The Balaban J connectivity index is 2.05. The summed E-state index contributed by atoms with van der Waals surface area (Å²) in [5.74, 6) is 0.992. The average molecular weight is 219 g/mol. The fourth-order valence-corrected chi connectivity index (χ4v) is 2.44. The predicted octanol–water partition coefficient (Wildman–Crippen LogP) is 3.38. The Morgan fingerprint density at radius 2 is 2.12 bits per heavy atom. The summed E-state index contributed by atoms with van der Waals surface area (Å²) >= 11 is 0. The maximum atomic E-state index is 4.36. The number of nitrogens with one attached hydrogen (secondary N) is 1. The predicted molar refractivity (Wildman–Crippen MR) is 67.7 cm³/mol. The molecule has 88 valence electrons. The molecule has 0 atom stereocenters. The van der Waals surface area contributed by atoms with Gasteiger partial charge in [-0.15, -0.1) is 6.58 Å². The minimum atomic E-state index is 0.636. The Labute approximate surface area is 97.6 Å². The summed E-state index contributed by atoms with van der Waals surface area (Å²) in [7, 11) is 0. The molecule has 0 radical (unpaired) electrons. The summed E-state index contributed by atoms with van der Waals surface area (Å²) in [6.45, 7) is 4.50. The number of nitrogens with zero attached hydrogens (tertiary/aromatic N) is 2. The zero-order chi connectivity index (χ0) is 11.2. The molecule has 1 saturated carbocycles. The fraction of sp³-hybridized carbons (Fsp3) is 0.615. The second-order valence-electron chi connectivity index (χ2n) is 4.47. The lowest BCUT2D eigenvalue weighted by atomic mass is 10.1. The molecule has 0 bridgehead atoms. The molecular weight excluding hydrogens is 198 g/mol. The summed E-state index contributed by atoms with van der Waals surface area (Å²) in [4.78, 5) is 4.36. The summed E-state index contributed by atoms with van der Waals surface area (Å²) < 4.78 is 2.30. The Bertz CT molecular complexity index is 322. The number of hydrogen-bond acceptors (Lipinski definition) is 2. The van der Waals surface area contributed by atoms with Crippen LogP contribution in [0.15, 0.2) is 25.0 Å². The van der Waals surface area contributed by atoms with Crippen LogP contribution in [0.4, 0.5) is 5.95 Å². The van der Waals surface area contributed by atoms with Crippen molar-refractivity contribution >= 4 is 5.95 Å². The Hall–Kier alpha value is -1.25. The third kappa shape index (κ3) is 2.65. The van der Waals surface area contributed by atoms with Crippen LogP contribution < -0.4 is 5.32 Å². The van der Waals surface area contributed by atoms with Crippen molar-refractivity contribution in [3.63, 3.8) is 0 Å². The van der Waals surface area contributed by atoms with E-state index < -0.39 is 0 Å². The van der Waals surface area contributed by atoms with Gasteiger partial charge in [-0.1, -0.05) is 31.8 Å². The first-order valence-corrected chi connectivity index (χ1v) is 6.29. The molecule has 0 unspecified atom stereocenters. The van der Waals surface area contributed by atoms with E-state index in [2.05, 4.69) is 27.6 Å². The van der Waals surface area contributed by atoms with Crippen LogP contribution in [0, 0.1) is 0 Å².